The minimum Gasteiger partial charge on any atom is -0.492 e. The zero-order chi connectivity index (χ0) is 17.6. The molecule has 0 bridgehead atoms. The molecule has 0 amide bonds. The summed E-state index contributed by atoms with van der Waals surface area (Å²) >= 11 is 5.89. The zero-order valence-electron chi connectivity index (χ0n) is 14.3. The maximum absolute atomic E-state index is 5.89. The molecule has 25 heavy (non-hydrogen) atoms. The lowest BCUT2D eigenvalue weighted by molar-refractivity contribution is 0.219. The Morgan fingerprint density at radius 2 is 1.84 bits per heavy atom. The van der Waals surface area contributed by atoms with Gasteiger partial charge >= 0.3 is 0 Å². The summed E-state index contributed by atoms with van der Waals surface area (Å²) in [7, 11) is 1.99. The maximum atomic E-state index is 5.89. The Morgan fingerprint density at radius 1 is 1.08 bits per heavy atom. The first-order valence-electron chi connectivity index (χ1n) is 8.07. The number of likely N-dealkylation sites (N-methyl/N-ethyl adjacent to an activating group) is 1. The molecule has 0 saturated carbocycles. The van der Waals surface area contributed by atoms with Gasteiger partial charge in [-0.3, -0.25) is 4.90 Å². The first kappa shape index (κ1) is 17.5. The Bertz CT molecular complexity index is 818. The van der Waals surface area contributed by atoms with Gasteiger partial charge in [-0.15, -0.1) is 10.2 Å². The Labute approximate surface area is 152 Å². The van der Waals surface area contributed by atoms with Crippen LogP contribution in [0.3, 0.4) is 0 Å². The summed E-state index contributed by atoms with van der Waals surface area (Å²) < 4.78 is 11.5. The molecule has 0 atom stereocenters. The lowest BCUT2D eigenvalue weighted by Gasteiger charge is -2.15. The van der Waals surface area contributed by atoms with Gasteiger partial charge in [0.25, 0.3) is 0 Å². The van der Waals surface area contributed by atoms with Crippen LogP contribution in [0.2, 0.25) is 5.02 Å². The first-order valence-corrected chi connectivity index (χ1v) is 8.45. The van der Waals surface area contributed by atoms with Crippen molar-refractivity contribution >= 4 is 11.6 Å². The average Bonchev–Trinajstić information content (AvgIpc) is 3.05. The quantitative estimate of drug-likeness (QED) is 0.634. The second-order valence-corrected chi connectivity index (χ2v) is 6.30. The zero-order valence-corrected chi connectivity index (χ0v) is 15.0. The predicted octanol–water partition coefficient (Wildman–Crippen LogP) is 4.21. The number of para-hydroxylation sites is 1. The van der Waals surface area contributed by atoms with E-state index in [0.717, 1.165) is 23.4 Å². The van der Waals surface area contributed by atoms with Gasteiger partial charge in [0.1, 0.15) is 12.4 Å². The van der Waals surface area contributed by atoms with Crippen molar-refractivity contribution in [3.63, 3.8) is 0 Å². The van der Waals surface area contributed by atoms with Crippen LogP contribution in [0.5, 0.6) is 5.75 Å². The van der Waals surface area contributed by atoms with Crippen LogP contribution in [-0.2, 0) is 6.54 Å². The van der Waals surface area contributed by atoms with Gasteiger partial charge in [-0.25, -0.2) is 0 Å². The topological polar surface area (TPSA) is 51.4 Å². The van der Waals surface area contributed by atoms with Gasteiger partial charge in [0.15, 0.2) is 0 Å². The molecule has 1 heterocycles. The number of aromatic nitrogens is 2. The summed E-state index contributed by atoms with van der Waals surface area (Å²) in [6.07, 6.45) is 0. The van der Waals surface area contributed by atoms with Crippen molar-refractivity contribution in [2.75, 3.05) is 20.2 Å². The Hall–Kier alpha value is -2.37. The first-order chi connectivity index (χ1) is 12.1. The van der Waals surface area contributed by atoms with Crippen molar-refractivity contribution in [1.82, 2.24) is 15.1 Å². The van der Waals surface area contributed by atoms with E-state index in [-0.39, 0.29) is 0 Å². The summed E-state index contributed by atoms with van der Waals surface area (Å²) in [5, 5.41) is 8.87. The Morgan fingerprint density at radius 3 is 2.60 bits per heavy atom. The molecule has 130 valence electrons. The van der Waals surface area contributed by atoms with Gasteiger partial charge in [0, 0.05) is 17.1 Å². The van der Waals surface area contributed by atoms with E-state index < -0.39 is 0 Å². The standard InChI is InChI=1S/C19H20ClN3O2/c1-14-5-3-4-6-17(14)24-12-11-23(2)13-18-21-22-19(25-18)15-7-9-16(20)10-8-15/h3-10H,11-13H2,1-2H3. The molecular formula is C19H20ClN3O2. The van der Waals surface area contributed by atoms with Crippen molar-refractivity contribution in [1.29, 1.82) is 0 Å². The highest BCUT2D eigenvalue weighted by Crippen LogP contribution is 2.20. The van der Waals surface area contributed by atoms with E-state index in [2.05, 4.69) is 15.1 Å². The van der Waals surface area contributed by atoms with Gasteiger partial charge < -0.3 is 9.15 Å². The van der Waals surface area contributed by atoms with Gasteiger partial charge in [-0.1, -0.05) is 29.8 Å². The minimum absolute atomic E-state index is 0.497. The number of ether oxygens (including phenoxy) is 1. The summed E-state index contributed by atoms with van der Waals surface area (Å²) in [4.78, 5) is 2.08. The fraction of sp³-hybridized carbons (Fsp3) is 0.263. The fourth-order valence-corrected chi connectivity index (χ4v) is 2.49. The third-order valence-corrected chi connectivity index (χ3v) is 4.04. The van der Waals surface area contributed by atoms with Crippen LogP contribution in [-0.4, -0.2) is 35.3 Å². The van der Waals surface area contributed by atoms with E-state index in [4.69, 9.17) is 20.8 Å². The van der Waals surface area contributed by atoms with E-state index >= 15 is 0 Å². The number of benzene rings is 2. The Kier molecular flexibility index (Phi) is 5.68. The maximum Gasteiger partial charge on any atom is 0.247 e. The molecule has 5 nitrogen and oxygen atoms in total. The van der Waals surface area contributed by atoms with Crippen LogP contribution in [0.15, 0.2) is 52.9 Å². The summed E-state index contributed by atoms with van der Waals surface area (Å²) in [6, 6.07) is 15.3. The molecule has 6 heteroatoms. The molecule has 1 aromatic heterocycles. The molecule has 2 aromatic carbocycles. The summed E-state index contributed by atoms with van der Waals surface area (Å²) in [5.74, 6) is 1.98. The van der Waals surface area contributed by atoms with Crippen molar-refractivity contribution in [3.8, 4) is 17.2 Å². The van der Waals surface area contributed by atoms with E-state index in [9.17, 15) is 0 Å². The fourth-order valence-electron chi connectivity index (χ4n) is 2.37. The van der Waals surface area contributed by atoms with Gasteiger partial charge in [0.2, 0.25) is 11.8 Å². The molecule has 3 aromatic rings. The number of aryl methyl sites for hydroxylation is 1. The second-order valence-electron chi connectivity index (χ2n) is 5.86. The lowest BCUT2D eigenvalue weighted by Crippen LogP contribution is -2.24. The molecule has 0 spiro atoms. The third-order valence-electron chi connectivity index (χ3n) is 3.79. The molecule has 0 radical (unpaired) electrons. The molecule has 0 N–H and O–H groups in total. The van der Waals surface area contributed by atoms with Crippen LogP contribution in [0, 0.1) is 6.92 Å². The minimum atomic E-state index is 0.497. The van der Waals surface area contributed by atoms with Gasteiger partial charge in [-0.05, 0) is 49.9 Å². The van der Waals surface area contributed by atoms with E-state index in [1.54, 1.807) is 12.1 Å². The highest BCUT2D eigenvalue weighted by molar-refractivity contribution is 6.30. The molecular weight excluding hydrogens is 338 g/mol. The van der Waals surface area contributed by atoms with E-state index in [1.165, 1.54) is 0 Å². The largest absolute Gasteiger partial charge is 0.492 e. The normalized spacial score (nSPS) is 11.0. The number of rotatable bonds is 7. The molecule has 3 rings (SSSR count). The monoisotopic (exact) mass is 357 g/mol. The smallest absolute Gasteiger partial charge is 0.247 e. The number of halogens is 1. The van der Waals surface area contributed by atoms with Gasteiger partial charge in [-0.2, -0.15) is 0 Å². The van der Waals surface area contributed by atoms with Crippen LogP contribution < -0.4 is 4.74 Å². The number of hydrogen-bond donors (Lipinski definition) is 0. The van der Waals surface area contributed by atoms with Crippen molar-refractivity contribution in [2.24, 2.45) is 0 Å². The third kappa shape index (κ3) is 4.81. The molecule has 0 fully saturated rings. The van der Waals surface area contributed by atoms with Crippen molar-refractivity contribution in [3.05, 3.63) is 65.0 Å². The lowest BCUT2D eigenvalue weighted by atomic mass is 10.2. The molecule has 0 aliphatic carbocycles. The molecule has 0 saturated heterocycles. The summed E-state index contributed by atoms with van der Waals surface area (Å²) in [5.41, 5.74) is 1.99. The highest BCUT2D eigenvalue weighted by atomic mass is 35.5. The van der Waals surface area contributed by atoms with Crippen LogP contribution >= 0.6 is 11.6 Å². The Balaban J connectivity index is 1.50. The van der Waals surface area contributed by atoms with Crippen LogP contribution in [0.4, 0.5) is 0 Å². The average molecular weight is 358 g/mol. The summed E-state index contributed by atoms with van der Waals surface area (Å²) in [6.45, 7) is 3.96. The van der Waals surface area contributed by atoms with Crippen molar-refractivity contribution in [2.45, 2.75) is 13.5 Å². The molecule has 0 aliphatic heterocycles. The number of hydrogen-bond acceptors (Lipinski definition) is 5. The van der Waals surface area contributed by atoms with E-state index in [0.29, 0.717) is 30.0 Å². The van der Waals surface area contributed by atoms with Crippen molar-refractivity contribution < 1.29 is 9.15 Å². The van der Waals surface area contributed by atoms with Crippen LogP contribution in [0.25, 0.3) is 11.5 Å². The van der Waals surface area contributed by atoms with Crippen LogP contribution in [0.1, 0.15) is 11.5 Å². The van der Waals surface area contributed by atoms with E-state index in [1.807, 2.05) is 50.4 Å². The molecule has 0 aliphatic rings. The predicted molar refractivity (Wildman–Crippen MR) is 97.8 cm³/mol. The second kappa shape index (κ2) is 8.14. The number of nitrogens with zero attached hydrogens (tertiary/aromatic N) is 3. The van der Waals surface area contributed by atoms with Gasteiger partial charge in [0.05, 0.1) is 6.54 Å². The highest BCUT2D eigenvalue weighted by Gasteiger charge is 2.11. The molecule has 0 unspecified atom stereocenters. The SMILES string of the molecule is Cc1ccccc1OCCN(C)Cc1nnc(-c2ccc(Cl)cc2)o1.